The second-order valence-corrected chi connectivity index (χ2v) is 17.9. The molecule has 0 unspecified atom stereocenters. The first kappa shape index (κ1) is 59.0. The number of halogens is 2. The lowest BCUT2D eigenvalue weighted by Crippen LogP contribution is -2.62. The number of amides is 7. The van der Waals surface area contributed by atoms with E-state index in [1.807, 2.05) is 74.5 Å². The zero-order valence-electron chi connectivity index (χ0n) is 40.8. The Bertz CT molecular complexity index is 1840. The van der Waals surface area contributed by atoms with Crippen molar-refractivity contribution in [1.82, 2.24) is 47.0 Å². The molecule has 0 spiro atoms. The Labute approximate surface area is 414 Å². The summed E-state index contributed by atoms with van der Waals surface area (Å²) in [4.78, 5) is 111. The molecule has 4 rings (SSSR count). The van der Waals surface area contributed by atoms with Gasteiger partial charge in [0.2, 0.25) is 41.4 Å². The van der Waals surface area contributed by atoms with Crippen LogP contribution in [0.15, 0.2) is 60.7 Å². The number of benzene rings is 2. The normalized spacial score (nSPS) is 18.9. The monoisotopic (exact) mass is 988 g/mol. The first-order valence-corrected chi connectivity index (χ1v) is 23.5. The first-order valence-electron chi connectivity index (χ1n) is 23.5. The van der Waals surface area contributed by atoms with Gasteiger partial charge in [-0.05, 0) is 104 Å². The smallest absolute Gasteiger partial charge is 0.247 e. The second-order valence-electron chi connectivity index (χ2n) is 17.9. The molecule has 0 saturated carbocycles. The first-order chi connectivity index (χ1) is 31.5. The van der Waals surface area contributed by atoms with E-state index in [0.717, 1.165) is 11.1 Å². The molecule has 10 atom stereocenters. The molecule has 7 N–H and O–H groups in total. The summed E-state index contributed by atoms with van der Waals surface area (Å²) < 4.78 is 0. The van der Waals surface area contributed by atoms with Gasteiger partial charge in [0.25, 0.3) is 0 Å². The molecule has 17 nitrogen and oxygen atoms in total. The van der Waals surface area contributed by atoms with Gasteiger partial charge in [0.05, 0.1) is 36.3 Å². The molecule has 2 aromatic carbocycles. The molecule has 7 amide bonds. The van der Waals surface area contributed by atoms with Crippen molar-refractivity contribution in [1.29, 1.82) is 0 Å². The third-order valence-electron chi connectivity index (χ3n) is 12.9. The average molecular weight is 989 g/mol. The average Bonchev–Trinajstić information content (AvgIpc) is 4.02. The fourth-order valence-corrected chi connectivity index (χ4v) is 8.51. The Balaban J connectivity index is 0.00000793. The Kier molecular flexibility index (Phi) is 25.2. The van der Waals surface area contributed by atoms with Gasteiger partial charge in [-0.25, -0.2) is 0 Å². The zero-order chi connectivity index (χ0) is 48.5. The summed E-state index contributed by atoms with van der Waals surface area (Å²) in [6, 6.07) is 12.3. The zero-order valence-corrected chi connectivity index (χ0v) is 42.4. The van der Waals surface area contributed by atoms with Crippen molar-refractivity contribution < 1.29 is 38.4 Å². The number of likely N-dealkylation sites (tertiary alicyclic amines) is 2. The van der Waals surface area contributed by atoms with Crippen molar-refractivity contribution in [2.75, 3.05) is 27.2 Å². The number of unbranched alkanes of at least 4 members (excludes halogenated alkanes) is 1. The van der Waals surface area contributed by atoms with Crippen LogP contribution in [0.5, 0.6) is 0 Å². The Morgan fingerprint density at radius 2 is 0.971 bits per heavy atom. The summed E-state index contributed by atoms with van der Waals surface area (Å²) in [5.41, 5.74) is 1.95. The number of ketones is 1. The van der Waals surface area contributed by atoms with Crippen LogP contribution in [0.1, 0.15) is 122 Å². The molecule has 0 radical (unpaired) electrons. The predicted molar refractivity (Wildman–Crippen MR) is 266 cm³/mol. The predicted octanol–water partition coefficient (Wildman–Crippen LogP) is 3.21. The van der Waals surface area contributed by atoms with Crippen LogP contribution < -0.4 is 37.2 Å². The van der Waals surface area contributed by atoms with Gasteiger partial charge in [0.1, 0.15) is 18.1 Å². The Hall–Kier alpha value is -5.10. The third-order valence-corrected chi connectivity index (χ3v) is 12.9. The quantitative estimate of drug-likeness (QED) is 0.0761. The maximum absolute atomic E-state index is 14.2. The summed E-state index contributed by atoms with van der Waals surface area (Å²) in [7, 11) is 3.24. The molecule has 378 valence electrons. The number of carbonyl (C=O) groups is 8. The molecule has 68 heavy (non-hydrogen) atoms. The van der Waals surface area contributed by atoms with Crippen molar-refractivity contribution >= 4 is 71.9 Å². The highest BCUT2D eigenvalue weighted by Gasteiger charge is 2.42. The van der Waals surface area contributed by atoms with Gasteiger partial charge in [-0.1, -0.05) is 67.6 Å². The number of likely N-dealkylation sites (N-methyl/N-ethyl adjacent to an activating group) is 2. The van der Waals surface area contributed by atoms with Gasteiger partial charge in [-0.3, -0.25) is 38.4 Å². The molecule has 2 fully saturated rings. The van der Waals surface area contributed by atoms with E-state index in [2.05, 4.69) is 37.2 Å². The minimum atomic E-state index is -1.16. The second kappa shape index (κ2) is 29.0. The number of carbonyl (C=O) groups excluding carboxylic acids is 8. The lowest BCUT2D eigenvalue weighted by molar-refractivity contribution is -0.142. The third kappa shape index (κ3) is 16.8. The van der Waals surface area contributed by atoms with E-state index in [1.54, 1.807) is 41.8 Å². The summed E-state index contributed by atoms with van der Waals surface area (Å²) in [5, 5.41) is 20.0. The SMILES string of the molecule is CN[C@@H](C)C(=O)N[C@H](C(=O)N1CCC[C@H]1C(=O)C[C@H](C)c1ccccc1)[C@H](C)NC(=O)CCCCC(=O)N[C@@H](C)[C@H](NC(=O)[C@H](C)NC)C(=O)N1CCC[C@H]1C(=O)N[C@H](C)c1ccccc1.Cl.Cl. The summed E-state index contributed by atoms with van der Waals surface area (Å²) >= 11 is 0. The molecular weight excluding hydrogens is 913 g/mol. The van der Waals surface area contributed by atoms with Crippen LogP contribution in [0.2, 0.25) is 0 Å². The van der Waals surface area contributed by atoms with E-state index in [9.17, 15) is 38.4 Å². The van der Waals surface area contributed by atoms with Crippen molar-refractivity contribution in [3.63, 3.8) is 0 Å². The van der Waals surface area contributed by atoms with E-state index >= 15 is 0 Å². The highest BCUT2D eigenvalue weighted by atomic mass is 35.5. The molecule has 2 aliphatic heterocycles. The van der Waals surface area contributed by atoms with Gasteiger partial charge in [0, 0.05) is 32.4 Å². The maximum atomic E-state index is 14.2. The lowest BCUT2D eigenvalue weighted by Gasteiger charge is -2.33. The Morgan fingerprint density at radius 1 is 0.559 bits per heavy atom. The van der Waals surface area contributed by atoms with Gasteiger partial charge in [-0.15, -0.1) is 24.8 Å². The number of rotatable bonds is 24. The number of Topliss-reactive ketones (excluding diaryl/α,β-unsaturated/α-hetero) is 1. The highest BCUT2D eigenvalue weighted by Crippen LogP contribution is 2.26. The van der Waals surface area contributed by atoms with Crippen LogP contribution in [0.4, 0.5) is 0 Å². The van der Waals surface area contributed by atoms with Crippen molar-refractivity contribution in [2.45, 2.75) is 160 Å². The standard InChI is InChI=1S/C49H73N9O8.2ClH/c1-30(36-19-11-9-12-20-36)29-40(59)38-23-17-27-57(38)48(65)43(55-45(62)34(5)50-7)32(3)52-41(60)25-15-16-26-42(61)53-33(4)44(56-46(63)35(6)51-8)49(66)58-28-18-24-39(58)47(64)54-31(2)37-21-13-10-14-22-37;;/h9-14,19-22,30-35,38-39,43-44,50-51H,15-18,23-29H2,1-8H3,(H,52,60)(H,53,61)(H,54,64)(H,55,62)(H,56,63);2*1H/t30-,31+,32-,33-,34-,35-,38-,39-,43-,44-;;/m0../s1. The molecule has 0 bridgehead atoms. The van der Waals surface area contributed by atoms with E-state index in [4.69, 9.17) is 0 Å². The van der Waals surface area contributed by atoms with E-state index < -0.39 is 77.9 Å². The number of hydrogen-bond donors (Lipinski definition) is 7. The number of hydrogen-bond acceptors (Lipinski definition) is 10. The summed E-state index contributed by atoms with van der Waals surface area (Å²) in [6.45, 7) is 11.1. The number of nitrogens with zero attached hydrogens (tertiary/aromatic N) is 2. The van der Waals surface area contributed by atoms with Gasteiger partial charge < -0.3 is 47.0 Å². The molecular formula is C49H75Cl2N9O8. The summed E-state index contributed by atoms with van der Waals surface area (Å²) in [5.74, 6) is -2.97. The summed E-state index contributed by atoms with van der Waals surface area (Å²) in [6.07, 6.45) is 3.13. The van der Waals surface area contributed by atoms with Crippen LogP contribution in [0, 0.1) is 0 Å². The van der Waals surface area contributed by atoms with Gasteiger partial charge in [0.15, 0.2) is 5.78 Å². The van der Waals surface area contributed by atoms with E-state index in [-0.39, 0.29) is 73.6 Å². The molecule has 2 aliphatic rings. The van der Waals surface area contributed by atoms with Crippen LogP contribution >= 0.6 is 24.8 Å². The van der Waals surface area contributed by atoms with E-state index in [1.165, 1.54) is 9.80 Å². The maximum Gasteiger partial charge on any atom is 0.247 e. The van der Waals surface area contributed by atoms with Crippen molar-refractivity contribution in [3.05, 3.63) is 71.8 Å². The molecule has 2 aromatic rings. The minimum Gasteiger partial charge on any atom is -0.351 e. The Morgan fingerprint density at radius 3 is 1.41 bits per heavy atom. The topological polar surface area (TPSA) is 227 Å². The van der Waals surface area contributed by atoms with Gasteiger partial charge in [-0.2, -0.15) is 0 Å². The van der Waals surface area contributed by atoms with Crippen molar-refractivity contribution in [2.24, 2.45) is 0 Å². The van der Waals surface area contributed by atoms with Gasteiger partial charge >= 0.3 is 0 Å². The van der Waals surface area contributed by atoms with Crippen LogP contribution in [-0.2, 0) is 38.4 Å². The van der Waals surface area contributed by atoms with Crippen LogP contribution in [0.3, 0.4) is 0 Å². The minimum absolute atomic E-state index is 0. The highest BCUT2D eigenvalue weighted by molar-refractivity contribution is 5.96. The van der Waals surface area contributed by atoms with E-state index in [0.29, 0.717) is 51.6 Å². The molecule has 2 heterocycles. The largest absolute Gasteiger partial charge is 0.351 e. The van der Waals surface area contributed by atoms with Crippen molar-refractivity contribution in [3.8, 4) is 0 Å². The van der Waals surface area contributed by atoms with Crippen LogP contribution in [0.25, 0.3) is 0 Å². The molecule has 0 aliphatic carbocycles. The lowest BCUT2D eigenvalue weighted by atomic mass is 9.92. The molecule has 19 heteroatoms. The molecule has 2 saturated heterocycles. The van der Waals surface area contributed by atoms with Crippen LogP contribution in [-0.4, -0.2) is 132 Å². The molecule has 0 aromatic heterocycles. The number of nitrogens with one attached hydrogen (secondary N) is 7. The fourth-order valence-electron chi connectivity index (χ4n) is 8.51. The fraction of sp³-hybridized carbons (Fsp3) is 0.592.